The summed E-state index contributed by atoms with van der Waals surface area (Å²) in [5.74, 6) is -3.71. The lowest BCUT2D eigenvalue weighted by molar-refractivity contribution is -0.178. The number of rotatable bonds is 13. The van der Waals surface area contributed by atoms with Crippen molar-refractivity contribution in [3.05, 3.63) is 0 Å². The standard InChI is InChI=1S/C23H39NO7S/c1-6-7-8-9-10-11-12-13-14-16(25)31-18(15(2)3)17-20(26)24-19(22(27)28)23(4,5)32(29,30)21(17)24/h15,17-19,21H,6-14H2,1-5H3,(H,27,28)/t17-,18+,19+,21-/m1/s1. The Kier molecular flexibility index (Phi) is 8.76. The van der Waals surface area contributed by atoms with E-state index in [1.165, 1.54) is 39.5 Å². The van der Waals surface area contributed by atoms with E-state index < -0.39 is 55.9 Å². The van der Waals surface area contributed by atoms with Gasteiger partial charge in [-0.25, -0.2) is 13.2 Å². The molecule has 2 heterocycles. The van der Waals surface area contributed by atoms with Crippen molar-refractivity contribution in [3.63, 3.8) is 0 Å². The van der Waals surface area contributed by atoms with E-state index in [0.717, 1.165) is 24.2 Å². The number of aliphatic carboxylic acids is 1. The fourth-order valence-electron chi connectivity index (χ4n) is 4.89. The van der Waals surface area contributed by atoms with Gasteiger partial charge >= 0.3 is 11.9 Å². The Balaban J connectivity index is 1.98. The number of amides is 1. The molecule has 2 saturated heterocycles. The van der Waals surface area contributed by atoms with Gasteiger partial charge in [-0.15, -0.1) is 0 Å². The zero-order valence-corrected chi connectivity index (χ0v) is 20.8. The van der Waals surface area contributed by atoms with Gasteiger partial charge in [0.25, 0.3) is 0 Å². The summed E-state index contributed by atoms with van der Waals surface area (Å²) in [5, 5.41) is 8.29. The Bertz CT molecular complexity index is 805. The van der Waals surface area contributed by atoms with Crippen molar-refractivity contribution >= 4 is 27.7 Å². The quantitative estimate of drug-likeness (QED) is 0.247. The molecule has 0 aromatic carbocycles. The Labute approximate surface area is 192 Å². The Hall–Kier alpha value is -1.64. The highest BCUT2D eigenvalue weighted by atomic mass is 32.2. The van der Waals surface area contributed by atoms with Gasteiger partial charge in [0.1, 0.15) is 18.1 Å². The predicted molar refractivity (Wildman–Crippen MR) is 120 cm³/mol. The number of sulfone groups is 1. The zero-order chi connectivity index (χ0) is 24.3. The predicted octanol–water partition coefficient (Wildman–Crippen LogP) is 3.53. The maximum absolute atomic E-state index is 13.1. The van der Waals surface area contributed by atoms with Gasteiger partial charge < -0.3 is 14.7 Å². The molecule has 0 bridgehead atoms. The number of β-lactam (4-membered cyclic amide) rings is 1. The molecule has 2 aliphatic rings. The van der Waals surface area contributed by atoms with Crippen LogP contribution in [-0.2, 0) is 29.0 Å². The van der Waals surface area contributed by atoms with Crippen LogP contribution in [0.15, 0.2) is 0 Å². The molecule has 8 nitrogen and oxygen atoms in total. The van der Waals surface area contributed by atoms with Crippen LogP contribution in [0, 0.1) is 11.8 Å². The van der Waals surface area contributed by atoms with Crippen molar-refractivity contribution in [2.45, 2.75) is 115 Å². The highest BCUT2D eigenvalue weighted by Crippen LogP contribution is 2.50. The molecule has 9 heteroatoms. The normalized spacial score (nSPS) is 26.5. The summed E-state index contributed by atoms with van der Waals surface area (Å²) in [6.45, 7) is 8.39. The molecule has 1 N–H and O–H groups in total. The third-order valence-electron chi connectivity index (χ3n) is 6.86. The molecule has 4 atom stereocenters. The van der Waals surface area contributed by atoms with Crippen LogP contribution in [0.5, 0.6) is 0 Å². The average Bonchev–Trinajstić information content (AvgIpc) is 2.83. The van der Waals surface area contributed by atoms with Gasteiger partial charge in [-0.2, -0.15) is 0 Å². The topological polar surface area (TPSA) is 118 Å². The smallest absolute Gasteiger partial charge is 0.328 e. The van der Waals surface area contributed by atoms with Crippen LogP contribution >= 0.6 is 0 Å². The first-order valence-electron chi connectivity index (χ1n) is 11.9. The molecule has 2 fully saturated rings. The number of ether oxygens (including phenoxy) is 1. The minimum atomic E-state index is -3.96. The molecule has 32 heavy (non-hydrogen) atoms. The van der Waals surface area contributed by atoms with Gasteiger partial charge in [-0.3, -0.25) is 9.59 Å². The van der Waals surface area contributed by atoms with Gasteiger partial charge in [-0.1, -0.05) is 65.7 Å². The first kappa shape index (κ1) is 26.6. The zero-order valence-electron chi connectivity index (χ0n) is 20.0. The number of hydrogen-bond acceptors (Lipinski definition) is 6. The molecule has 0 aromatic rings. The minimum Gasteiger partial charge on any atom is -0.480 e. The number of carboxylic acids is 1. The van der Waals surface area contributed by atoms with Crippen LogP contribution in [0.25, 0.3) is 0 Å². The number of fused-ring (bicyclic) bond motifs is 1. The summed E-state index contributed by atoms with van der Waals surface area (Å²) >= 11 is 0. The third-order valence-corrected chi connectivity index (χ3v) is 9.70. The first-order chi connectivity index (χ1) is 14.9. The molecule has 2 rings (SSSR count). The monoisotopic (exact) mass is 473 g/mol. The third kappa shape index (κ3) is 4.97. The minimum absolute atomic E-state index is 0.226. The van der Waals surface area contributed by atoms with Gasteiger partial charge in [0.15, 0.2) is 15.2 Å². The van der Waals surface area contributed by atoms with Gasteiger partial charge in [0, 0.05) is 6.42 Å². The molecule has 2 aliphatic heterocycles. The molecule has 184 valence electrons. The van der Waals surface area contributed by atoms with Crippen molar-refractivity contribution in [2.24, 2.45) is 11.8 Å². The molecule has 0 aromatic heterocycles. The summed E-state index contributed by atoms with van der Waals surface area (Å²) in [6, 6.07) is -1.44. The fourth-order valence-corrected chi connectivity index (χ4v) is 7.22. The van der Waals surface area contributed by atoms with E-state index in [1.807, 2.05) is 0 Å². The largest absolute Gasteiger partial charge is 0.480 e. The van der Waals surface area contributed by atoms with E-state index in [0.29, 0.717) is 6.42 Å². The van der Waals surface area contributed by atoms with Gasteiger partial charge in [-0.05, 0) is 26.2 Å². The number of nitrogens with zero attached hydrogens (tertiary/aromatic N) is 1. The molecule has 0 aliphatic carbocycles. The maximum atomic E-state index is 13.1. The lowest BCUT2D eigenvalue weighted by atomic mass is 9.83. The fraction of sp³-hybridized carbons (Fsp3) is 0.870. The number of hydrogen-bond donors (Lipinski definition) is 1. The maximum Gasteiger partial charge on any atom is 0.328 e. The molecule has 0 spiro atoms. The van der Waals surface area contributed by atoms with Crippen molar-refractivity contribution < 1.29 is 32.6 Å². The second-order valence-electron chi connectivity index (χ2n) is 9.97. The van der Waals surface area contributed by atoms with Crippen LogP contribution in [0.4, 0.5) is 0 Å². The molecular weight excluding hydrogens is 434 g/mol. The number of carbonyl (C=O) groups is 3. The van der Waals surface area contributed by atoms with E-state index in [4.69, 9.17) is 4.74 Å². The van der Waals surface area contributed by atoms with Crippen molar-refractivity contribution in [3.8, 4) is 0 Å². The van der Waals surface area contributed by atoms with Crippen LogP contribution < -0.4 is 0 Å². The molecule has 0 radical (unpaired) electrons. The van der Waals surface area contributed by atoms with E-state index in [9.17, 15) is 27.9 Å². The van der Waals surface area contributed by atoms with Gasteiger partial charge in [0.05, 0.1) is 4.75 Å². The average molecular weight is 474 g/mol. The number of carboxylic acid groups (broad SMARTS) is 1. The highest BCUT2D eigenvalue weighted by Gasteiger charge is 2.73. The molecule has 1 amide bonds. The SMILES string of the molecule is CCCCCCCCCCC(=O)O[C@@H](C(C)C)[C@@H]1C(=O)N2[C@@H](C(=O)O)C(C)(C)S(=O)(=O)[C@H]12. The number of unbranched alkanes of at least 4 members (excludes halogenated alkanes) is 7. The molecular formula is C23H39NO7S. The van der Waals surface area contributed by atoms with Crippen LogP contribution in [0.2, 0.25) is 0 Å². The Morgan fingerprint density at radius 3 is 2.09 bits per heavy atom. The molecule has 0 saturated carbocycles. The Morgan fingerprint density at radius 1 is 1.06 bits per heavy atom. The van der Waals surface area contributed by atoms with Crippen LogP contribution in [-0.4, -0.2) is 58.5 Å². The number of carbonyl (C=O) groups excluding carboxylic acids is 2. The first-order valence-corrected chi connectivity index (χ1v) is 13.4. The van der Waals surface area contributed by atoms with E-state index in [-0.39, 0.29) is 12.3 Å². The lowest BCUT2D eigenvalue weighted by Gasteiger charge is -2.46. The summed E-state index contributed by atoms with van der Waals surface area (Å²) in [4.78, 5) is 38.0. The second kappa shape index (κ2) is 10.5. The van der Waals surface area contributed by atoms with Crippen molar-refractivity contribution in [2.75, 3.05) is 0 Å². The summed E-state index contributed by atoms with van der Waals surface area (Å²) in [7, 11) is -3.96. The highest BCUT2D eigenvalue weighted by molar-refractivity contribution is 7.93. The van der Waals surface area contributed by atoms with E-state index in [1.54, 1.807) is 13.8 Å². The summed E-state index contributed by atoms with van der Waals surface area (Å²) in [6.07, 6.45) is 8.06. The molecule has 0 unspecified atom stereocenters. The van der Waals surface area contributed by atoms with Crippen LogP contribution in [0.3, 0.4) is 0 Å². The second-order valence-corrected chi connectivity index (χ2v) is 12.6. The number of esters is 1. The summed E-state index contributed by atoms with van der Waals surface area (Å²) in [5.41, 5.74) is 0. The van der Waals surface area contributed by atoms with Crippen LogP contribution in [0.1, 0.15) is 92.4 Å². The van der Waals surface area contributed by atoms with E-state index in [2.05, 4.69) is 6.92 Å². The van der Waals surface area contributed by atoms with Crippen molar-refractivity contribution in [1.82, 2.24) is 4.90 Å². The summed E-state index contributed by atoms with van der Waals surface area (Å²) < 4.78 is 30.2. The van der Waals surface area contributed by atoms with E-state index >= 15 is 0 Å². The lowest BCUT2D eigenvalue weighted by Crippen LogP contribution is -2.67. The Morgan fingerprint density at radius 2 is 1.59 bits per heavy atom. The van der Waals surface area contributed by atoms with Gasteiger partial charge in [0.2, 0.25) is 5.91 Å². The van der Waals surface area contributed by atoms with Crippen molar-refractivity contribution in [1.29, 1.82) is 0 Å².